The number of piperazine rings is 1. The molecule has 3 aliphatic rings. The Hall–Kier alpha value is -0.850. The summed E-state index contributed by atoms with van der Waals surface area (Å²) in [5.74, 6) is 0. The van der Waals surface area contributed by atoms with Crippen molar-refractivity contribution >= 4 is 6.09 Å². The first-order valence-corrected chi connectivity index (χ1v) is 8.78. The summed E-state index contributed by atoms with van der Waals surface area (Å²) in [5.41, 5.74) is -0.467. The lowest BCUT2D eigenvalue weighted by atomic mass is 9.95. The topological polar surface area (TPSA) is 54.0 Å². The van der Waals surface area contributed by atoms with E-state index >= 15 is 0 Å². The third kappa shape index (κ3) is 3.64. The lowest BCUT2D eigenvalue weighted by Crippen LogP contribution is -2.67. The predicted octanol–water partition coefficient (Wildman–Crippen LogP) is 1.45. The molecule has 0 bridgehead atoms. The molecule has 6 heteroatoms. The summed E-state index contributed by atoms with van der Waals surface area (Å²) in [6.45, 7) is 13.7. The van der Waals surface area contributed by atoms with E-state index in [0.717, 1.165) is 39.4 Å². The van der Waals surface area contributed by atoms with Gasteiger partial charge in [-0.1, -0.05) is 0 Å². The number of hydrogen-bond donors (Lipinski definition) is 1. The maximum Gasteiger partial charge on any atom is 0.410 e. The highest BCUT2D eigenvalue weighted by Gasteiger charge is 2.52. The largest absolute Gasteiger partial charge is 0.444 e. The average Bonchev–Trinajstić information content (AvgIpc) is 3.20. The molecule has 1 amide bonds. The van der Waals surface area contributed by atoms with Crippen molar-refractivity contribution in [3.8, 4) is 0 Å². The summed E-state index contributed by atoms with van der Waals surface area (Å²) in [7, 11) is 0. The Morgan fingerprint density at radius 3 is 2.70 bits per heavy atom. The van der Waals surface area contributed by atoms with Gasteiger partial charge in [-0.15, -0.1) is 0 Å². The highest BCUT2D eigenvalue weighted by atomic mass is 16.6. The fourth-order valence-electron chi connectivity index (χ4n) is 3.71. The van der Waals surface area contributed by atoms with Crippen molar-refractivity contribution in [1.29, 1.82) is 0 Å². The monoisotopic (exact) mass is 325 g/mol. The van der Waals surface area contributed by atoms with Crippen molar-refractivity contribution in [1.82, 2.24) is 15.1 Å². The van der Waals surface area contributed by atoms with Crippen LogP contribution < -0.4 is 5.32 Å². The zero-order chi connectivity index (χ0) is 16.7. The number of nitrogens with zero attached hydrogens (tertiary/aromatic N) is 2. The van der Waals surface area contributed by atoms with Gasteiger partial charge in [-0.25, -0.2) is 4.79 Å². The Balaban J connectivity index is 1.72. The standard InChI is InChI=1S/C17H31N3O3/c1-15(2,3)23-14(21)20-8-7-18-11-16(20,4)12-19-9-10-22-13-17(19)5-6-17/h18H,5-13H2,1-4H3/t16-/m1/s1. The van der Waals surface area contributed by atoms with Crippen molar-refractivity contribution in [2.75, 3.05) is 45.9 Å². The van der Waals surface area contributed by atoms with Gasteiger partial charge in [-0.05, 0) is 40.5 Å². The molecule has 6 nitrogen and oxygen atoms in total. The third-order valence-electron chi connectivity index (χ3n) is 5.19. The van der Waals surface area contributed by atoms with E-state index in [1.807, 2.05) is 25.7 Å². The van der Waals surface area contributed by atoms with Gasteiger partial charge in [-0.2, -0.15) is 0 Å². The second-order valence-corrected chi connectivity index (χ2v) is 8.50. The molecule has 1 saturated carbocycles. The van der Waals surface area contributed by atoms with Crippen LogP contribution in [0, 0.1) is 0 Å². The highest BCUT2D eigenvalue weighted by molar-refractivity contribution is 5.69. The van der Waals surface area contributed by atoms with E-state index in [-0.39, 0.29) is 17.2 Å². The van der Waals surface area contributed by atoms with Crippen LogP contribution in [0.1, 0.15) is 40.5 Å². The molecule has 3 rings (SSSR count). The van der Waals surface area contributed by atoms with Crippen LogP contribution in [0.3, 0.4) is 0 Å². The molecule has 0 radical (unpaired) electrons. The van der Waals surface area contributed by atoms with Gasteiger partial charge < -0.3 is 14.8 Å². The fourth-order valence-corrected chi connectivity index (χ4v) is 3.71. The fraction of sp³-hybridized carbons (Fsp3) is 0.941. The number of carbonyl (C=O) groups excluding carboxylic acids is 1. The maximum absolute atomic E-state index is 12.7. The van der Waals surface area contributed by atoms with Crippen LogP contribution in [0.25, 0.3) is 0 Å². The van der Waals surface area contributed by atoms with Gasteiger partial charge in [0.25, 0.3) is 0 Å². The number of ether oxygens (including phenoxy) is 2. The van der Waals surface area contributed by atoms with Crippen molar-refractivity contribution in [2.45, 2.75) is 57.2 Å². The number of hydrogen-bond acceptors (Lipinski definition) is 5. The Morgan fingerprint density at radius 1 is 1.30 bits per heavy atom. The Kier molecular flexibility index (Phi) is 4.36. The first-order chi connectivity index (χ1) is 10.7. The number of morpholine rings is 1. The maximum atomic E-state index is 12.7. The number of rotatable bonds is 2. The third-order valence-corrected chi connectivity index (χ3v) is 5.19. The molecular weight excluding hydrogens is 294 g/mol. The normalized spacial score (nSPS) is 31.2. The predicted molar refractivity (Wildman–Crippen MR) is 88.6 cm³/mol. The van der Waals surface area contributed by atoms with Crippen molar-refractivity contribution < 1.29 is 14.3 Å². The molecule has 0 unspecified atom stereocenters. The molecule has 2 aliphatic heterocycles. The van der Waals surface area contributed by atoms with Gasteiger partial charge in [0.1, 0.15) is 5.60 Å². The molecule has 0 aromatic carbocycles. The van der Waals surface area contributed by atoms with Gasteiger partial charge in [0.15, 0.2) is 0 Å². The summed E-state index contributed by atoms with van der Waals surface area (Å²) < 4.78 is 11.3. The number of amides is 1. The molecule has 2 heterocycles. The van der Waals surface area contributed by atoms with Gasteiger partial charge in [0, 0.05) is 38.3 Å². The van der Waals surface area contributed by atoms with E-state index in [9.17, 15) is 4.79 Å². The zero-order valence-corrected chi connectivity index (χ0v) is 15.0. The minimum Gasteiger partial charge on any atom is -0.444 e. The van der Waals surface area contributed by atoms with Crippen molar-refractivity contribution in [3.05, 3.63) is 0 Å². The summed E-state index contributed by atoms with van der Waals surface area (Å²) >= 11 is 0. The van der Waals surface area contributed by atoms with E-state index < -0.39 is 5.60 Å². The van der Waals surface area contributed by atoms with E-state index in [4.69, 9.17) is 9.47 Å². The van der Waals surface area contributed by atoms with Crippen LogP contribution in [-0.4, -0.2) is 78.5 Å². The lowest BCUT2D eigenvalue weighted by molar-refractivity contribution is -0.0574. The molecule has 132 valence electrons. The first-order valence-electron chi connectivity index (χ1n) is 8.78. The molecule has 1 spiro atoms. The van der Waals surface area contributed by atoms with Gasteiger partial charge >= 0.3 is 6.09 Å². The van der Waals surface area contributed by atoms with E-state index in [2.05, 4.69) is 17.1 Å². The molecule has 0 aromatic rings. The minimum absolute atomic E-state index is 0.195. The van der Waals surface area contributed by atoms with Crippen LogP contribution in [0.5, 0.6) is 0 Å². The number of carbonyl (C=O) groups is 1. The van der Waals surface area contributed by atoms with Crippen molar-refractivity contribution in [2.24, 2.45) is 0 Å². The Bertz CT molecular complexity index is 458. The molecule has 3 fully saturated rings. The van der Waals surface area contributed by atoms with E-state index in [0.29, 0.717) is 6.54 Å². The summed E-state index contributed by atoms with van der Waals surface area (Å²) in [6.07, 6.45) is 2.23. The van der Waals surface area contributed by atoms with Gasteiger partial charge in [-0.3, -0.25) is 9.80 Å². The first kappa shape index (κ1) is 17.0. The molecule has 1 atom stereocenters. The molecule has 1 N–H and O–H groups in total. The smallest absolute Gasteiger partial charge is 0.410 e. The quantitative estimate of drug-likeness (QED) is 0.833. The van der Waals surface area contributed by atoms with Crippen LogP contribution in [0.2, 0.25) is 0 Å². The molecule has 23 heavy (non-hydrogen) atoms. The summed E-state index contributed by atoms with van der Waals surface area (Å²) in [6, 6.07) is 0. The Morgan fingerprint density at radius 2 is 2.04 bits per heavy atom. The summed E-state index contributed by atoms with van der Waals surface area (Å²) in [4.78, 5) is 17.2. The van der Waals surface area contributed by atoms with Crippen LogP contribution >= 0.6 is 0 Å². The molecular formula is C17H31N3O3. The van der Waals surface area contributed by atoms with E-state index in [1.165, 1.54) is 12.8 Å². The second kappa shape index (κ2) is 5.90. The van der Waals surface area contributed by atoms with Crippen LogP contribution in [-0.2, 0) is 9.47 Å². The number of nitrogens with one attached hydrogen (secondary N) is 1. The highest BCUT2D eigenvalue weighted by Crippen LogP contribution is 2.44. The SMILES string of the molecule is CC(C)(C)OC(=O)N1CCNC[C@]1(C)CN1CCOCC12CC2. The Labute approximate surface area is 139 Å². The van der Waals surface area contributed by atoms with Crippen LogP contribution in [0.15, 0.2) is 0 Å². The molecule has 2 saturated heterocycles. The van der Waals surface area contributed by atoms with E-state index in [1.54, 1.807) is 0 Å². The molecule has 1 aliphatic carbocycles. The van der Waals surface area contributed by atoms with Gasteiger partial charge in [0.2, 0.25) is 0 Å². The average molecular weight is 325 g/mol. The molecule has 0 aromatic heterocycles. The lowest BCUT2D eigenvalue weighted by Gasteiger charge is -2.49. The van der Waals surface area contributed by atoms with Crippen LogP contribution in [0.4, 0.5) is 4.79 Å². The summed E-state index contributed by atoms with van der Waals surface area (Å²) in [5, 5.41) is 3.45. The zero-order valence-electron chi connectivity index (χ0n) is 15.0. The second-order valence-electron chi connectivity index (χ2n) is 8.50. The van der Waals surface area contributed by atoms with Crippen molar-refractivity contribution in [3.63, 3.8) is 0 Å². The minimum atomic E-state index is -0.459. The van der Waals surface area contributed by atoms with Gasteiger partial charge in [0.05, 0.1) is 18.8 Å².